The van der Waals surface area contributed by atoms with Gasteiger partial charge in [-0.2, -0.15) is 0 Å². The molecule has 21 heavy (non-hydrogen) atoms. The molecule has 0 spiro atoms. The summed E-state index contributed by atoms with van der Waals surface area (Å²) in [6.45, 7) is 3.78. The topological polar surface area (TPSA) is 116 Å². The number of hydrogen-bond acceptors (Lipinski definition) is 4. The second kappa shape index (κ2) is 7.63. The molecule has 4 N–H and O–H groups in total. The van der Waals surface area contributed by atoms with Gasteiger partial charge in [-0.15, -0.1) is 11.3 Å². The zero-order valence-corrected chi connectivity index (χ0v) is 12.6. The Hall–Kier alpha value is -2.09. The van der Waals surface area contributed by atoms with Crippen LogP contribution in [0, 0.1) is 6.92 Å². The first kappa shape index (κ1) is 17.0. The molecule has 7 nitrogen and oxygen atoms in total. The van der Waals surface area contributed by atoms with Crippen LogP contribution in [0.25, 0.3) is 0 Å². The van der Waals surface area contributed by atoms with Crippen LogP contribution < -0.4 is 10.6 Å². The van der Waals surface area contributed by atoms with Crippen molar-refractivity contribution in [3.63, 3.8) is 0 Å². The molecule has 0 saturated heterocycles. The highest BCUT2D eigenvalue weighted by Crippen LogP contribution is 2.16. The van der Waals surface area contributed by atoms with Crippen LogP contribution in [0.4, 0.5) is 4.79 Å². The van der Waals surface area contributed by atoms with Gasteiger partial charge < -0.3 is 20.8 Å². The number of aryl methyl sites for hydroxylation is 1. The molecule has 0 fully saturated rings. The van der Waals surface area contributed by atoms with E-state index in [0.717, 1.165) is 4.88 Å². The summed E-state index contributed by atoms with van der Waals surface area (Å²) in [6, 6.07) is 1.63. The zero-order valence-electron chi connectivity index (χ0n) is 11.8. The van der Waals surface area contributed by atoms with Crippen molar-refractivity contribution < 1.29 is 24.6 Å². The third-order valence-corrected chi connectivity index (χ3v) is 3.69. The van der Waals surface area contributed by atoms with Crippen LogP contribution in [-0.2, 0) is 16.0 Å². The SMILES string of the molecule is Cc1ccc(CC(C)NC(=O)N[C@H](CC(=O)O)C(=O)O)s1. The maximum Gasteiger partial charge on any atom is 0.326 e. The molecule has 0 aliphatic heterocycles. The van der Waals surface area contributed by atoms with Gasteiger partial charge in [0.25, 0.3) is 0 Å². The number of aliphatic carboxylic acids is 2. The number of carbonyl (C=O) groups excluding carboxylic acids is 1. The van der Waals surface area contributed by atoms with Crippen LogP contribution in [-0.4, -0.2) is 40.3 Å². The van der Waals surface area contributed by atoms with Crippen molar-refractivity contribution in [3.05, 3.63) is 21.9 Å². The summed E-state index contributed by atoms with van der Waals surface area (Å²) in [6.07, 6.45) is -0.0378. The Morgan fingerprint density at radius 1 is 1.24 bits per heavy atom. The van der Waals surface area contributed by atoms with E-state index in [9.17, 15) is 14.4 Å². The summed E-state index contributed by atoms with van der Waals surface area (Å²) in [5.74, 6) is -2.67. The van der Waals surface area contributed by atoms with Crippen LogP contribution in [0.3, 0.4) is 0 Å². The van der Waals surface area contributed by atoms with Crippen molar-refractivity contribution in [2.75, 3.05) is 0 Å². The molecule has 2 atom stereocenters. The Kier molecular flexibility index (Phi) is 6.16. The fraction of sp³-hybridized carbons (Fsp3) is 0.462. The highest BCUT2D eigenvalue weighted by Gasteiger charge is 2.23. The molecule has 1 aromatic heterocycles. The van der Waals surface area contributed by atoms with Gasteiger partial charge in [0, 0.05) is 22.2 Å². The number of thiophene rings is 1. The number of hydrogen-bond donors (Lipinski definition) is 4. The maximum absolute atomic E-state index is 11.7. The van der Waals surface area contributed by atoms with Gasteiger partial charge in [-0.25, -0.2) is 9.59 Å². The lowest BCUT2D eigenvalue weighted by atomic mass is 10.2. The maximum atomic E-state index is 11.7. The molecule has 2 amide bonds. The van der Waals surface area contributed by atoms with E-state index in [1.807, 2.05) is 19.1 Å². The summed E-state index contributed by atoms with van der Waals surface area (Å²) < 4.78 is 0. The Morgan fingerprint density at radius 3 is 2.38 bits per heavy atom. The molecular weight excluding hydrogens is 296 g/mol. The fourth-order valence-corrected chi connectivity index (χ4v) is 2.77. The van der Waals surface area contributed by atoms with E-state index < -0.39 is 30.4 Å². The van der Waals surface area contributed by atoms with E-state index in [-0.39, 0.29) is 6.04 Å². The average Bonchev–Trinajstić information content (AvgIpc) is 2.72. The molecule has 0 radical (unpaired) electrons. The monoisotopic (exact) mass is 314 g/mol. The molecular formula is C13H18N2O5S. The minimum Gasteiger partial charge on any atom is -0.481 e. The van der Waals surface area contributed by atoms with E-state index in [0.29, 0.717) is 6.42 Å². The van der Waals surface area contributed by atoms with E-state index in [1.54, 1.807) is 18.3 Å². The molecule has 1 unspecified atom stereocenters. The van der Waals surface area contributed by atoms with Crippen LogP contribution in [0.2, 0.25) is 0 Å². The van der Waals surface area contributed by atoms with Gasteiger partial charge in [-0.05, 0) is 26.0 Å². The number of carboxylic acid groups (broad SMARTS) is 2. The van der Waals surface area contributed by atoms with Gasteiger partial charge in [-0.1, -0.05) is 0 Å². The molecule has 1 rings (SSSR count). The Morgan fingerprint density at radius 2 is 1.90 bits per heavy atom. The third kappa shape index (κ3) is 6.26. The predicted molar refractivity (Wildman–Crippen MR) is 77.6 cm³/mol. The summed E-state index contributed by atoms with van der Waals surface area (Å²) in [5.41, 5.74) is 0. The van der Waals surface area contributed by atoms with Gasteiger partial charge in [0.05, 0.1) is 6.42 Å². The average molecular weight is 314 g/mol. The first-order valence-electron chi connectivity index (χ1n) is 6.35. The smallest absolute Gasteiger partial charge is 0.326 e. The van der Waals surface area contributed by atoms with Crippen molar-refractivity contribution in [2.24, 2.45) is 0 Å². The second-order valence-electron chi connectivity index (χ2n) is 4.72. The van der Waals surface area contributed by atoms with Crippen LogP contribution in [0.15, 0.2) is 12.1 Å². The van der Waals surface area contributed by atoms with Crippen molar-refractivity contribution >= 4 is 29.3 Å². The zero-order chi connectivity index (χ0) is 16.0. The molecule has 0 aromatic carbocycles. The predicted octanol–water partition coefficient (Wildman–Crippen LogP) is 1.21. The summed E-state index contributed by atoms with van der Waals surface area (Å²) in [5, 5.41) is 22.2. The van der Waals surface area contributed by atoms with Crippen LogP contribution in [0.5, 0.6) is 0 Å². The van der Waals surface area contributed by atoms with Gasteiger partial charge in [0.15, 0.2) is 0 Å². The quantitative estimate of drug-likeness (QED) is 0.604. The standard InChI is InChI=1S/C13H18N2O5S/c1-7(5-9-4-3-8(2)21-9)14-13(20)15-10(12(18)19)6-11(16)17/h3-4,7,10H,5-6H2,1-2H3,(H,16,17)(H,18,19)(H2,14,15,20)/t7?,10-/m1/s1. The molecule has 0 aliphatic rings. The van der Waals surface area contributed by atoms with Crippen molar-refractivity contribution in [1.29, 1.82) is 0 Å². The van der Waals surface area contributed by atoms with Crippen LogP contribution in [0.1, 0.15) is 23.1 Å². The summed E-state index contributed by atoms with van der Waals surface area (Å²) in [7, 11) is 0. The number of amides is 2. The van der Waals surface area contributed by atoms with E-state index in [4.69, 9.17) is 10.2 Å². The Bertz CT molecular complexity index is 528. The van der Waals surface area contributed by atoms with E-state index >= 15 is 0 Å². The van der Waals surface area contributed by atoms with Gasteiger partial charge in [-0.3, -0.25) is 4.79 Å². The number of rotatable bonds is 7. The van der Waals surface area contributed by atoms with Crippen LogP contribution >= 0.6 is 11.3 Å². The highest BCUT2D eigenvalue weighted by atomic mass is 32.1. The van der Waals surface area contributed by atoms with E-state index in [2.05, 4.69) is 10.6 Å². The summed E-state index contributed by atoms with van der Waals surface area (Å²) in [4.78, 5) is 35.3. The van der Waals surface area contributed by atoms with Crippen molar-refractivity contribution in [1.82, 2.24) is 10.6 Å². The summed E-state index contributed by atoms with van der Waals surface area (Å²) >= 11 is 1.63. The van der Waals surface area contributed by atoms with Crippen molar-refractivity contribution in [3.8, 4) is 0 Å². The fourth-order valence-electron chi connectivity index (χ4n) is 1.75. The minimum atomic E-state index is -1.45. The lowest BCUT2D eigenvalue weighted by molar-refractivity contribution is -0.145. The number of carboxylic acids is 2. The van der Waals surface area contributed by atoms with Crippen molar-refractivity contribution in [2.45, 2.75) is 38.8 Å². The molecule has 0 bridgehead atoms. The normalized spacial score (nSPS) is 13.2. The van der Waals surface area contributed by atoms with Gasteiger partial charge >= 0.3 is 18.0 Å². The molecule has 116 valence electrons. The third-order valence-electron chi connectivity index (χ3n) is 2.66. The molecule has 8 heteroatoms. The second-order valence-corrected chi connectivity index (χ2v) is 6.10. The largest absolute Gasteiger partial charge is 0.481 e. The van der Waals surface area contributed by atoms with Gasteiger partial charge in [0.2, 0.25) is 0 Å². The Balaban J connectivity index is 2.47. The first-order valence-corrected chi connectivity index (χ1v) is 7.16. The van der Waals surface area contributed by atoms with E-state index in [1.165, 1.54) is 4.88 Å². The molecule has 1 aromatic rings. The lowest BCUT2D eigenvalue weighted by Gasteiger charge is -2.17. The Labute approximate surface area is 126 Å². The minimum absolute atomic E-state index is 0.192. The highest BCUT2D eigenvalue weighted by molar-refractivity contribution is 7.11. The van der Waals surface area contributed by atoms with Gasteiger partial charge in [0.1, 0.15) is 6.04 Å². The molecule has 0 saturated carbocycles. The number of urea groups is 1. The number of nitrogens with one attached hydrogen (secondary N) is 2. The molecule has 1 heterocycles. The lowest BCUT2D eigenvalue weighted by Crippen LogP contribution is -2.49. The first-order chi connectivity index (χ1) is 9.77. The number of carbonyl (C=O) groups is 3. The molecule has 0 aliphatic carbocycles.